The van der Waals surface area contributed by atoms with Crippen molar-refractivity contribution in [3.8, 4) is 0 Å². The molecule has 0 bridgehead atoms. The van der Waals surface area contributed by atoms with E-state index < -0.39 is 21.1 Å². The van der Waals surface area contributed by atoms with Crippen molar-refractivity contribution in [1.82, 2.24) is 0 Å². The molecular formula is C11H14O4S. The van der Waals surface area contributed by atoms with Crippen molar-refractivity contribution in [1.29, 1.82) is 0 Å². The minimum atomic E-state index is -3.66. The molecule has 1 unspecified atom stereocenters. The van der Waals surface area contributed by atoms with Crippen LogP contribution in [-0.4, -0.2) is 26.7 Å². The molecule has 0 aliphatic rings. The smallest absolute Gasteiger partial charge is 0.324 e. The Morgan fingerprint density at radius 3 is 2.38 bits per heavy atom. The number of hydrogen-bond donors (Lipinski definition) is 0. The fourth-order valence-electron chi connectivity index (χ4n) is 1.36. The largest absolute Gasteiger partial charge is 0.468 e. The van der Waals surface area contributed by atoms with Crippen LogP contribution in [0.2, 0.25) is 0 Å². The van der Waals surface area contributed by atoms with Crippen molar-refractivity contribution in [2.45, 2.75) is 24.0 Å². The Labute approximate surface area is 95.2 Å². The van der Waals surface area contributed by atoms with E-state index >= 15 is 0 Å². The lowest BCUT2D eigenvalue weighted by molar-refractivity contribution is -0.139. The quantitative estimate of drug-likeness (QED) is 0.750. The van der Waals surface area contributed by atoms with Crippen LogP contribution in [-0.2, 0) is 19.4 Å². The minimum Gasteiger partial charge on any atom is -0.468 e. The van der Waals surface area contributed by atoms with Gasteiger partial charge in [-0.15, -0.1) is 0 Å². The zero-order chi connectivity index (χ0) is 12.3. The van der Waals surface area contributed by atoms with E-state index in [0.29, 0.717) is 5.56 Å². The van der Waals surface area contributed by atoms with E-state index in [2.05, 4.69) is 4.74 Å². The maximum absolute atomic E-state index is 12.1. The highest BCUT2D eigenvalue weighted by Gasteiger charge is 2.31. The molecule has 0 N–H and O–H groups in total. The number of ether oxygens (including phenoxy) is 1. The van der Waals surface area contributed by atoms with Crippen molar-refractivity contribution >= 4 is 15.8 Å². The Hall–Kier alpha value is -1.36. The van der Waals surface area contributed by atoms with Crippen LogP contribution in [0.3, 0.4) is 0 Å². The molecule has 0 spiro atoms. The Morgan fingerprint density at radius 1 is 1.31 bits per heavy atom. The first-order valence-electron chi connectivity index (χ1n) is 4.78. The van der Waals surface area contributed by atoms with E-state index in [0.717, 1.165) is 0 Å². The van der Waals surface area contributed by atoms with Gasteiger partial charge in [-0.1, -0.05) is 18.2 Å². The average molecular weight is 242 g/mol. The van der Waals surface area contributed by atoms with Crippen LogP contribution in [0.15, 0.2) is 29.2 Å². The maximum Gasteiger partial charge on any atom is 0.324 e. The normalized spacial score (nSPS) is 13.2. The highest BCUT2D eigenvalue weighted by atomic mass is 32.2. The number of rotatable bonds is 3. The number of methoxy groups -OCH3 is 1. The van der Waals surface area contributed by atoms with Crippen LogP contribution >= 0.6 is 0 Å². The summed E-state index contributed by atoms with van der Waals surface area (Å²) >= 11 is 0. The molecule has 0 aromatic heterocycles. The molecule has 0 fully saturated rings. The molecule has 88 valence electrons. The van der Waals surface area contributed by atoms with Crippen molar-refractivity contribution < 1.29 is 17.9 Å². The molecule has 1 rings (SSSR count). The number of benzene rings is 1. The van der Waals surface area contributed by atoms with Gasteiger partial charge in [0.05, 0.1) is 12.0 Å². The molecule has 1 aromatic carbocycles. The van der Waals surface area contributed by atoms with Gasteiger partial charge in [0.15, 0.2) is 15.1 Å². The maximum atomic E-state index is 12.1. The van der Waals surface area contributed by atoms with Gasteiger partial charge in [-0.2, -0.15) is 0 Å². The second-order valence-corrected chi connectivity index (χ2v) is 5.71. The van der Waals surface area contributed by atoms with Gasteiger partial charge < -0.3 is 4.74 Å². The zero-order valence-electron chi connectivity index (χ0n) is 9.43. The summed E-state index contributed by atoms with van der Waals surface area (Å²) in [6.45, 7) is 3.02. The number of aryl methyl sites for hydroxylation is 1. The van der Waals surface area contributed by atoms with Crippen molar-refractivity contribution in [3.05, 3.63) is 29.8 Å². The first-order valence-corrected chi connectivity index (χ1v) is 6.33. The molecule has 16 heavy (non-hydrogen) atoms. The highest BCUT2D eigenvalue weighted by Crippen LogP contribution is 2.20. The topological polar surface area (TPSA) is 60.4 Å². The third-order valence-electron chi connectivity index (χ3n) is 2.40. The lowest BCUT2D eigenvalue weighted by Gasteiger charge is -2.12. The third kappa shape index (κ3) is 2.24. The molecule has 0 heterocycles. The fraction of sp³-hybridized carbons (Fsp3) is 0.364. The molecule has 5 heteroatoms. The molecule has 0 radical (unpaired) electrons. The molecule has 0 aliphatic heterocycles. The molecule has 0 saturated carbocycles. The average Bonchev–Trinajstić information content (AvgIpc) is 2.27. The Morgan fingerprint density at radius 2 is 1.88 bits per heavy atom. The van der Waals surface area contributed by atoms with Gasteiger partial charge in [0.25, 0.3) is 0 Å². The van der Waals surface area contributed by atoms with E-state index in [1.54, 1.807) is 25.1 Å². The van der Waals surface area contributed by atoms with Gasteiger partial charge in [0, 0.05) is 0 Å². The summed E-state index contributed by atoms with van der Waals surface area (Å²) in [5.74, 6) is -0.747. The lowest BCUT2D eigenvalue weighted by Crippen LogP contribution is -2.28. The van der Waals surface area contributed by atoms with E-state index in [1.165, 1.54) is 20.1 Å². The molecule has 1 atom stereocenters. The lowest BCUT2D eigenvalue weighted by atomic mass is 10.2. The standard InChI is InChI=1S/C11H14O4S/c1-8-6-4-5-7-10(8)16(13,14)9(2)11(12)15-3/h4-7,9H,1-3H3. The van der Waals surface area contributed by atoms with Gasteiger partial charge in [0.1, 0.15) is 0 Å². The summed E-state index contributed by atoms with van der Waals surface area (Å²) in [5.41, 5.74) is 0.623. The van der Waals surface area contributed by atoms with Crippen LogP contribution in [0, 0.1) is 6.92 Å². The number of hydrogen-bond acceptors (Lipinski definition) is 4. The summed E-state index contributed by atoms with van der Waals surface area (Å²) in [6, 6.07) is 6.56. The van der Waals surface area contributed by atoms with Crippen LogP contribution < -0.4 is 0 Å². The summed E-state index contributed by atoms with van der Waals surface area (Å²) in [7, 11) is -2.48. The number of carbonyl (C=O) groups excluding carboxylic acids is 1. The molecule has 0 amide bonds. The fourth-order valence-corrected chi connectivity index (χ4v) is 2.87. The summed E-state index contributed by atoms with van der Waals surface area (Å²) in [6.07, 6.45) is 0. The second kappa shape index (κ2) is 4.65. The molecule has 1 aromatic rings. The Bertz CT molecular complexity index is 490. The van der Waals surface area contributed by atoms with Crippen molar-refractivity contribution in [2.75, 3.05) is 7.11 Å². The minimum absolute atomic E-state index is 0.174. The van der Waals surface area contributed by atoms with E-state index in [4.69, 9.17) is 0 Å². The van der Waals surface area contributed by atoms with Gasteiger partial charge in [0.2, 0.25) is 0 Å². The summed E-state index contributed by atoms with van der Waals surface area (Å²) in [5, 5.41) is -1.18. The Kier molecular flexibility index (Phi) is 3.70. The monoisotopic (exact) mass is 242 g/mol. The number of sulfone groups is 1. The van der Waals surface area contributed by atoms with Gasteiger partial charge >= 0.3 is 5.97 Å². The predicted octanol–water partition coefficient (Wildman–Crippen LogP) is 1.33. The van der Waals surface area contributed by atoms with Gasteiger partial charge in [-0.25, -0.2) is 8.42 Å². The Balaban J connectivity index is 3.23. The number of esters is 1. The van der Waals surface area contributed by atoms with E-state index in [9.17, 15) is 13.2 Å². The first kappa shape index (κ1) is 12.7. The van der Waals surface area contributed by atoms with Crippen LogP contribution in [0.25, 0.3) is 0 Å². The summed E-state index contributed by atoms with van der Waals surface area (Å²) in [4.78, 5) is 11.4. The highest BCUT2D eigenvalue weighted by molar-refractivity contribution is 7.92. The van der Waals surface area contributed by atoms with Gasteiger partial charge in [-0.3, -0.25) is 4.79 Å². The predicted molar refractivity (Wildman–Crippen MR) is 59.8 cm³/mol. The van der Waals surface area contributed by atoms with Crippen LogP contribution in [0.1, 0.15) is 12.5 Å². The molecule has 0 saturated heterocycles. The SMILES string of the molecule is COC(=O)C(C)S(=O)(=O)c1ccccc1C. The molecule has 4 nitrogen and oxygen atoms in total. The molecule has 0 aliphatic carbocycles. The first-order chi connectivity index (χ1) is 7.41. The third-order valence-corrected chi connectivity index (χ3v) is 4.59. The van der Waals surface area contributed by atoms with Crippen molar-refractivity contribution in [2.24, 2.45) is 0 Å². The summed E-state index contributed by atoms with van der Waals surface area (Å²) < 4.78 is 28.5. The molecular weight excluding hydrogens is 228 g/mol. The van der Waals surface area contributed by atoms with Crippen molar-refractivity contribution in [3.63, 3.8) is 0 Å². The number of carbonyl (C=O) groups is 1. The zero-order valence-corrected chi connectivity index (χ0v) is 10.2. The van der Waals surface area contributed by atoms with Crippen LogP contribution in [0.4, 0.5) is 0 Å². The van der Waals surface area contributed by atoms with E-state index in [1.807, 2.05) is 0 Å². The van der Waals surface area contributed by atoms with E-state index in [-0.39, 0.29) is 4.90 Å². The second-order valence-electron chi connectivity index (χ2n) is 3.48. The van der Waals surface area contributed by atoms with Crippen LogP contribution in [0.5, 0.6) is 0 Å². The van der Waals surface area contributed by atoms with Gasteiger partial charge in [-0.05, 0) is 25.5 Å².